The SMILES string of the molecule is C[C@H]1CN(C(=O)C2(N)CC2)CCN1C(=O)c1ccc(-c2ccc3c(c2)ncn3C)cc1. The molecule has 31 heavy (non-hydrogen) atoms. The lowest BCUT2D eigenvalue weighted by Crippen LogP contribution is -2.58. The van der Waals surface area contributed by atoms with Gasteiger partial charge in [-0.15, -0.1) is 0 Å². The van der Waals surface area contributed by atoms with Gasteiger partial charge in [0.2, 0.25) is 5.91 Å². The zero-order chi connectivity index (χ0) is 21.8. The van der Waals surface area contributed by atoms with Gasteiger partial charge >= 0.3 is 0 Å². The van der Waals surface area contributed by atoms with Crippen LogP contribution in [0, 0.1) is 0 Å². The van der Waals surface area contributed by atoms with E-state index in [9.17, 15) is 9.59 Å². The Morgan fingerprint density at radius 1 is 1.06 bits per heavy atom. The Bertz CT molecular complexity index is 1160. The van der Waals surface area contributed by atoms with Crippen molar-refractivity contribution in [3.05, 3.63) is 54.4 Å². The first-order valence-corrected chi connectivity index (χ1v) is 10.8. The van der Waals surface area contributed by atoms with Gasteiger partial charge in [0.15, 0.2) is 0 Å². The Labute approximate surface area is 181 Å². The summed E-state index contributed by atoms with van der Waals surface area (Å²) >= 11 is 0. The average Bonchev–Trinajstić information content (AvgIpc) is 3.44. The molecule has 3 aromatic rings. The lowest BCUT2D eigenvalue weighted by molar-refractivity contribution is -0.136. The number of aromatic nitrogens is 2. The Morgan fingerprint density at radius 2 is 1.77 bits per heavy atom. The summed E-state index contributed by atoms with van der Waals surface area (Å²) in [7, 11) is 1.98. The van der Waals surface area contributed by atoms with Gasteiger partial charge in [-0.1, -0.05) is 18.2 Å². The number of benzene rings is 2. The van der Waals surface area contributed by atoms with E-state index in [1.165, 1.54) is 0 Å². The second-order valence-corrected chi connectivity index (χ2v) is 8.89. The van der Waals surface area contributed by atoms with Crippen molar-refractivity contribution < 1.29 is 9.59 Å². The summed E-state index contributed by atoms with van der Waals surface area (Å²) in [4.78, 5) is 33.7. The number of amides is 2. The van der Waals surface area contributed by atoms with Crippen molar-refractivity contribution in [3.8, 4) is 11.1 Å². The maximum Gasteiger partial charge on any atom is 0.254 e. The Morgan fingerprint density at radius 3 is 2.45 bits per heavy atom. The van der Waals surface area contributed by atoms with Crippen molar-refractivity contribution in [2.24, 2.45) is 12.8 Å². The fourth-order valence-corrected chi connectivity index (χ4v) is 4.39. The van der Waals surface area contributed by atoms with Gasteiger partial charge in [-0.25, -0.2) is 4.98 Å². The van der Waals surface area contributed by atoms with Gasteiger partial charge in [-0.3, -0.25) is 9.59 Å². The van der Waals surface area contributed by atoms with Gasteiger partial charge in [0.05, 0.1) is 22.9 Å². The first-order chi connectivity index (χ1) is 14.9. The molecule has 1 atom stereocenters. The summed E-state index contributed by atoms with van der Waals surface area (Å²) < 4.78 is 1.99. The van der Waals surface area contributed by atoms with Crippen molar-refractivity contribution in [3.63, 3.8) is 0 Å². The molecule has 160 valence electrons. The molecule has 2 amide bonds. The summed E-state index contributed by atoms with van der Waals surface area (Å²) in [6.45, 7) is 3.59. The van der Waals surface area contributed by atoms with Crippen LogP contribution in [0.5, 0.6) is 0 Å². The second kappa shape index (κ2) is 7.20. The first kappa shape index (κ1) is 19.8. The topological polar surface area (TPSA) is 84.5 Å². The van der Waals surface area contributed by atoms with Crippen molar-refractivity contribution in [2.45, 2.75) is 31.3 Å². The Kier molecular flexibility index (Phi) is 4.59. The smallest absolute Gasteiger partial charge is 0.254 e. The molecular formula is C24H27N5O2. The minimum Gasteiger partial charge on any atom is -0.337 e. The maximum atomic E-state index is 13.1. The van der Waals surface area contributed by atoms with Crippen LogP contribution in [-0.2, 0) is 11.8 Å². The van der Waals surface area contributed by atoms with Crippen LogP contribution in [0.15, 0.2) is 48.8 Å². The van der Waals surface area contributed by atoms with Crippen LogP contribution in [0.4, 0.5) is 0 Å². The summed E-state index contributed by atoms with van der Waals surface area (Å²) in [5.41, 5.74) is 10.2. The lowest BCUT2D eigenvalue weighted by atomic mass is 10.0. The fourth-order valence-electron chi connectivity index (χ4n) is 4.39. The molecule has 2 fully saturated rings. The predicted molar refractivity (Wildman–Crippen MR) is 119 cm³/mol. The van der Waals surface area contributed by atoms with E-state index in [2.05, 4.69) is 23.2 Å². The van der Waals surface area contributed by atoms with E-state index >= 15 is 0 Å². The summed E-state index contributed by atoms with van der Waals surface area (Å²) in [5, 5.41) is 0. The largest absolute Gasteiger partial charge is 0.337 e. The molecule has 2 N–H and O–H groups in total. The quantitative estimate of drug-likeness (QED) is 0.709. The molecule has 2 aromatic carbocycles. The molecular weight excluding hydrogens is 390 g/mol. The van der Waals surface area contributed by atoms with Crippen molar-refractivity contribution in [2.75, 3.05) is 19.6 Å². The first-order valence-electron chi connectivity index (χ1n) is 10.8. The molecule has 0 bridgehead atoms. The molecule has 0 radical (unpaired) electrons. The summed E-state index contributed by atoms with van der Waals surface area (Å²) in [6, 6.07) is 13.9. The van der Waals surface area contributed by atoms with Crippen LogP contribution in [0.3, 0.4) is 0 Å². The highest BCUT2D eigenvalue weighted by Crippen LogP contribution is 2.34. The molecule has 1 saturated carbocycles. The van der Waals surface area contributed by atoms with Crippen molar-refractivity contribution in [1.29, 1.82) is 0 Å². The number of imidazole rings is 1. The molecule has 1 aliphatic heterocycles. The van der Waals surface area contributed by atoms with Crippen LogP contribution < -0.4 is 5.73 Å². The van der Waals surface area contributed by atoms with Gasteiger partial charge in [0, 0.05) is 38.3 Å². The van der Waals surface area contributed by atoms with Crippen LogP contribution >= 0.6 is 0 Å². The number of piperazine rings is 1. The monoisotopic (exact) mass is 417 g/mol. The number of carbonyl (C=O) groups is 2. The molecule has 0 unspecified atom stereocenters. The molecule has 0 spiro atoms. The highest BCUT2D eigenvalue weighted by Gasteiger charge is 2.49. The zero-order valence-electron chi connectivity index (χ0n) is 17.9. The summed E-state index contributed by atoms with van der Waals surface area (Å²) in [5.74, 6) is 0.0286. The number of hydrogen-bond acceptors (Lipinski definition) is 4. The van der Waals surface area contributed by atoms with E-state index in [-0.39, 0.29) is 17.9 Å². The zero-order valence-corrected chi connectivity index (χ0v) is 17.9. The molecule has 1 aliphatic carbocycles. The van der Waals surface area contributed by atoms with Crippen molar-refractivity contribution >= 4 is 22.8 Å². The fraction of sp³-hybridized carbons (Fsp3) is 0.375. The van der Waals surface area contributed by atoms with E-state index < -0.39 is 5.54 Å². The van der Waals surface area contributed by atoms with Gasteiger partial charge < -0.3 is 20.1 Å². The molecule has 5 rings (SSSR count). The summed E-state index contributed by atoms with van der Waals surface area (Å²) in [6.07, 6.45) is 3.33. The van der Waals surface area contributed by atoms with Gasteiger partial charge in [-0.05, 0) is 55.2 Å². The standard InChI is InChI=1S/C24H27N5O2/c1-16-14-28(23(31)24(25)9-10-24)11-12-29(16)22(30)18-5-3-17(4-6-18)19-7-8-21-20(13-19)26-15-27(21)2/h3-8,13,15-16H,9-12,14,25H2,1-2H3/t16-/m0/s1. The van der Waals surface area contributed by atoms with E-state index in [4.69, 9.17) is 5.73 Å². The second-order valence-electron chi connectivity index (χ2n) is 8.89. The number of nitrogens with zero attached hydrogens (tertiary/aromatic N) is 4. The number of hydrogen-bond donors (Lipinski definition) is 1. The van der Waals surface area contributed by atoms with Crippen LogP contribution in [0.25, 0.3) is 22.2 Å². The van der Waals surface area contributed by atoms with E-state index in [0.717, 1.165) is 35.0 Å². The highest BCUT2D eigenvalue weighted by atomic mass is 16.2. The lowest BCUT2D eigenvalue weighted by Gasteiger charge is -2.40. The normalized spacial score (nSPS) is 20.2. The van der Waals surface area contributed by atoms with Crippen LogP contribution in [0.1, 0.15) is 30.1 Å². The third kappa shape index (κ3) is 3.49. The molecule has 7 heteroatoms. The molecule has 2 aliphatic rings. The molecule has 2 heterocycles. The number of nitrogens with two attached hydrogens (primary N) is 1. The number of carbonyl (C=O) groups excluding carboxylic acids is 2. The third-order valence-corrected chi connectivity index (χ3v) is 6.58. The van der Waals surface area contributed by atoms with E-state index in [1.807, 2.05) is 58.9 Å². The third-order valence-electron chi connectivity index (χ3n) is 6.58. The van der Waals surface area contributed by atoms with Crippen LogP contribution in [0.2, 0.25) is 0 Å². The highest BCUT2D eigenvalue weighted by molar-refractivity contribution is 5.95. The number of rotatable bonds is 3. The van der Waals surface area contributed by atoms with Crippen LogP contribution in [-0.4, -0.2) is 62.4 Å². The average molecular weight is 418 g/mol. The number of fused-ring (bicyclic) bond motifs is 1. The molecule has 1 saturated heterocycles. The maximum absolute atomic E-state index is 13.1. The van der Waals surface area contributed by atoms with E-state index in [0.29, 0.717) is 25.2 Å². The van der Waals surface area contributed by atoms with Gasteiger partial charge in [0.25, 0.3) is 5.91 Å². The van der Waals surface area contributed by atoms with Gasteiger partial charge in [-0.2, -0.15) is 0 Å². The van der Waals surface area contributed by atoms with E-state index in [1.54, 1.807) is 0 Å². The Balaban J connectivity index is 1.29. The Hall–Kier alpha value is -3.19. The van der Waals surface area contributed by atoms with Gasteiger partial charge in [0.1, 0.15) is 0 Å². The molecule has 1 aromatic heterocycles. The number of aryl methyl sites for hydroxylation is 1. The minimum absolute atomic E-state index is 0.000195. The van der Waals surface area contributed by atoms with Crippen molar-refractivity contribution in [1.82, 2.24) is 19.4 Å². The minimum atomic E-state index is -0.653. The predicted octanol–water partition coefficient (Wildman–Crippen LogP) is 2.40. The molecule has 7 nitrogen and oxygen atoms in total.